The van der Waals surface area contributed by atoms with E-state index < -0.39 is 17.8 Å². The van der Waals surface area contributed by atoms with Gasteiger partial charge in [0.05, 0.1) is 0 Å². The van der Waals surface area contributed by atoms with Gasteiger partial charge in [-0.15, -0.1) is 0 Å². The Hall–Kier alpha value is -1.39. The van der Waals surface area contributed by atoms with E-state index in [2.05, 4.69) is 0 Å². The number of nitrogens with one attached hydrogen (secondary N) is 1. The highest BCUT2D eigenvalue weighted by molar-refractivity contribution is 6.44. The molecule has 1 saturated carbocycles. The SMILES string of the molecule is C[C@H]1CCCC[C@@H]1N1C(=O)NC(=O)C1=O. The van der Waals surface area contributed by atoms with Gasteiger partial charge in [-0.25, -0.2) is 4.79 Å². The number of imide groups is 2. The van der Waals surface area contributed by atoms with Crippen molar-refractivity contribution in [2.75, 3.05) is 0 Å². The molecule has 0 aromatic heterocycles. The van der Waals surface area contributed by atoms with Gasteiger partial charge in [0.15, 0.2) is 0 Å². The molecule has 2 atom stereocenters. The lowest BCUT2D eigenvalue weighted by Crippen LogP contribution is -2.45. The minimum atomic E-state index is -0.794. The van der Waals surface area contributed by atoms with Gasteiger partial charge < -0.3 is 0 Å². The summed E-state index contributed by atoms with van der Waals surface area (Å²) in [5.41, 5.74) is 0. The van der Waals surface area contributed by atoms with Crippen LogP contribution in [0.25, 0.3) is 0 Å². The van der Waals surface area contributed by atoms with Crippen LogP contribution in [0.15, 0.2) is 0 Å². The van der Waals surface area contributed by atoms with Gasteiger partial charge in [0.25, 0.3) is 0 Å². The summed E-state index contributed by atoms with van der Waals surface area (Å²) in [6.07, 6.45) is 3.97. The maximum Gasteiger partial charge on any atom is 0.331 e. The molecule has 0 unspecified atom stereocenters. The van der Waals surface area contributed by atoms with Gasteiger partial charge >= 0.3 is 17.8 Å². The van der Waals surface area contributed by atoms with Crippen molar-refractivity contribution in [2.24, 2.45) is 5.92 Å². The molecule has 82 valence electrons. The molecule has 1 aliphatic carbocycles. The lowest BCUT2D eigenvalue weighted by Gasteiger charge is -2.33. The molecule has 1 N–H and O–H groups in total. The number of rotatable bonds is 1. The Morgan fingerprint density at radius 3 is 2.40 bits per heavy atom. The van der Waals surface area contributed by atoms with E-state index in [4.69, 9.17) is 0 Å². The zero-order valence-electron chi connectivity index (χ0n) is 8.66. The number of nitrogens with zero attached hydrogens (tertiary/aromatic N) is 1. The highest BCUT2D eigenvalue weighted by atomic mass is 16.2. The van der Waals surface area contributed by atoms with E-state index in [1.807, 2.05) is 12.2 Å². The van der Waals surface area contributed by atoms with Gasteiger partial charge in [-0.05, 0) is 18.8 Å². The Labute approximate surface area is 87.8 Å². The molecule has 5 nitrogen and oxygen atoms in total. The quantitative estimate of drug-likeness (QED) is 0.510. The zero-order valence-corrected chi connectivity index (χ0v) is 8.66. The van der Waals surface area contributed by atoms with Crippen LogP contribution >= 0.6 is 0 Å². The van der Waals surface area contributed by atoms with Crippen molar-refractivity contribution in [3.8, 4) is 0 Å². The Balaban J connectivity index is 2.18. The third-order valence-corrected chi connectivity index (χ3v) is 3.25. The lowest BCUT2D eigenvalue weighted by molar-refractivity contribution is -0.141. The second kappa shape index (κ2) is 3.64. The number of hydrogen-bond acceptors (Lipinski definition) is 3. The first-order valence-electron chi connectivity index (χ1n) is 5.29. The largest absolute Gasteiger partial charge is 0.331 e. The molecule has 1 saturated heterocycles. The van der Waals surface area contributed by atoms with Crippen molar-refractivity contribution in [3.05, 3.63) is 0 Å². The van der Waals surface area contributed by atoms with Crippen LogP contribution in [0, 0.1) is 5.92 Å². The van der Waals surface area contributed by atoms with E-state index in [1.54, 1.807) is 0 Å². The first kappa shape index (κ1) is 10.1. The lowest BCUT2D eigenvalue weighted by atomic mass is 9.85. The summed E-state index contributed by atoms with van der Waals surface area (Å²) in [4.78, 5) is 35.0. The summed E-state index contributed by atoms with van der Waals surface area (Å²) in [7, 11) is 0. The third-order valence-electron chi connectivity index (χ3n) is 3.25. The second-order valence-corrected chi connectivity index (χ2v) is 4.26. The minimum absolute atomic E-state index is 0.0994. The Morgan fingerprint density at radius 1 is 1.20 bits per heavy atom. The second-order valence-electron chi connectivity index (χ2n) is 4.26. The van der Waals surface area contributed by atoms with Gasteiger partial charge in [0, 0.05) is 6.04 Å². The first-order chi connectivity index (χ1) is 7.11. The topological polar surface area (TPSA) is 66.5 Å². The molecule has 0 radical (unpaired) electrons. The average molecular weight is 210 g/mol. The first-order valence-corrected chi connectivity index (χ1v) is 5.29. The maximum absolute atomic E-state index is 11.5. The van der Waals surface area contributed by atoms with Crippen LogP contribution in [0.2, 0.25) is 0 Å². The van der Waals surface area contributed by atoms with Crippen molar-refractivity contribution in [1.82, 2.24) is 10.2 Å². The van der Waals surface area contributed by atoms with Gasteiger partial charge in [-0.2, -0.15) is 0 Å². The van der Waals surface area contributed by atoms with E-state index >= 15 is 0 Å². The molecule has 5 heteroatoms. The Kier molecular flexibility index (Phi) is 2.46. The number of carbonyl (C=O) groups is 3. The fourth-order valence-corrected chi connectivity index (χ4v) is 2.39. The fourth-order valence-electron chi connectivity index (χ4n) is 2.39. The smallest absolute Gasteiger partial charge is 0.269 e. The molecule has 0 aromatic carbocycles. The fraction of sp³-hybridized carbons (Fsp3) is 0.700. The monoisotopic (exact) mass is 210 g/mol. The highest BCUT2D eigenvalue weighted by Gasteiger charge is 2.43. The van der Waals surface area contributed by atoms with Gasteiger partial charge in [0.2, 0.25) is 0 Å². The van der Waals surface area contributed by atoms with Crippen molar-refractivity contribution in [2.45, 2.75) is 38.6 Å². The van der Waals surface area contributed by atoms with Crippen molar-refractivity contribution in [3.63, 3.8) is 0 Å². The molecule has 2 rings (SSSR count). The maximum atomic E-state index is 11.5. The Morgan fingerprint density at radius 2 is 1.87 bits per heavy atom. The van der Waals surface area contributed by atoms with Crippen LogP contribution in [0.3, 0.4) is 0 Å². The number of urea groups is 1. The average Bonchev–Trinajstić information content (AvgIpc) is 2.43. The predicted octanol–water partition coefficient (Wildman–Crippen LogP) is 0.643. The van der Waals surface area contributed by atoms with Crippen LogP contribution in [-0.4, -0.2) is 28.8 Å². The van der Waals surface area contributed by atoms with E-state index in [-0.39, 0.29) is 6.04 Å². The van der Waals surface area contributed by atoms with Crippen molar-refractivity contribution >= 4 is 17.8 Å². The summed E-state index contributed by atoms with van der Waals surface area (Å²) >= 11 is 0. The van der Waals surface area contributed by atoms with Gasteiger partial charge in [-0.3, -0.25) is 19.8 Å². The standard InChI is InChI=1S/C10H14N2O3/c1-6-4-2-3-5-7(6)12-9(14)8(13)11-10(12)15/h6-7H,2-5H2,1H3,(H,11,13,15)/t6-,7-/m0/s1. The van der Waals surface area contributed by atoms with Gasteiger partial charge in [-0.1, -0.05) is 19.8 Å². The van der Waals surface area contributed by atoms with E-state index in [9.17, 15) is 14.4 Å². The number of carbonyl (C=O) groups excluding carboxylic acids is 3. The molecule has 1 heterocycles. The molecule has 15 heavy (non-hydrogen) atoms. The van der Waals surface area contributed by atoms with E-state index in [0.717, 1.165) is 30.6 Å². The summed E-state index contributed by atoms with van der Waals surface area (Å²) in [5.74, 6) is -1.20. The Bertz CT molecular complexity index is 327. The van der Waals surface area contributed by atoms with Crippen LogP contribution < -0.4 is 5.32 Å². The summed E-state index contributed by atoms with van der Waals surface area (Å²) in [5, 5.41) is 2.03. The third kappa shape index (κ3) is 1.62. The van der Waals surface area contributed by atoms with Crippen LogP contribution in [0.1, 0.15) is 32.6 Å². The normalized spacial score (nSPS) is 32.1. The zero-order chi connectivity index (χ0) is 11.0. The molecule has 2 aliphatic rings. The molecular formula is C10H14N2O3. The minimum Gasteiger partial charge on any atom is -0.269 e. The molecule has 4 amide bonds. The molecule has 0 bridgehead atoms. The van der Waals surface area contributed by atoms with E-state index in [1.165, 1.54) is 0 Å². The van der Waals surface area contributed by atoms with Crippen molar-refractivity contribution in [1.29, 1.82) is 0 Å². The highest BCUT2D eigenvalue weighted by Crippen LogP contribution is 2.29. The molecule has 0 aromatic rings. The summed E-state index contributed by atoms with van der Waals surface area (Å²) < 4.78 is 0. The van der Waals surface area contributed by atoms with Crippen LogP contribution in [0.4, 0.5) is 4.79 Å². The molecule has 2 fully saturated rings. The van der Waals surface area contributed by atoms with E-state index in [0.29, 0.717) is 5.92 Å². The summed E-state index contributed by atoms with van der Waals surface area (Å²) in [6, 6.07) is -0.651. The van der Waals surface area contributed by atoms with Crippen LogP contribution in [0.5, 0.6) is 0 Å². The van der Waals surface area contributed by atoms with Crippen molar-refractivity contribution < 1.29 is 14.4 Å². The van der Waals surface area contributed by atoms with Crippen LogP contribution in [-0.2, 0) is 9.59 Å². The van der Waals surface area contributed by atoms with Gasteiger partial charge in [0.1, 0.15) is 0 Å². The predicted molar refractivity (Wildman–Crippen MR) is 51.8 cm³/mol. The summed E-state index contributed by atoms with van der Waals surface area (Å²) in [6.45, 7) is 2.02. The molecular weight excluding hydrogens is 196 g/mol. The molecule has 0 spiro atoms. The molecule has 1 aliphatic heterocycles. The number of amides is 4. The number of hydrogen-bond donors (Lipinski definition) is 1.